The molecule has 0 unspecified atom stereocenters. The smallest absolute Gasteiger partial charge is 0.0722 e. The van der Waals surface area contributed by atoms with Crippen molar-refractivity contribution < 1.29 is 0 Å². The van der Waals surface area contributed by atoms with Crippen LogP contribution in [0, 0.1) is 0 Å². The summed E-state index contributed by atoms with van der Waals surface area (Å²) in [5.74, 6) is 0. The summed E-state index contributed by atoms with van der Waals surface area (Å²) in [4.78, 5) is 6.55. The Bertz CT molecular complexity index is 662. The first-order valence-corrected chi connectivity index (χ1v) is 5.98. The molecule has 0 spiro atoms. The molecule has 0 saturated heterocycles. The maximum absolute atomic E-state index is 4.39. The summed E-state index contributed by atoms with van der Waals surface area (Å²) >= 11 is 0. The number of nitrogens with zero attached hydrogens (tertiary/aromatic N) is 2. The van der Waals surface area contributed by atoms with Crippen LogP contribution in [0.1, 0.15) is 0 Å². The summed E-state index contributed by atoms with van der Waals surface area (Å²) in [7, 11) is 2.07. The van der Waals surface area contributed by atoms with Gasteiger partial charge in [0.15, 0.2) is 0 Å². The fourth-order valence-corrected chi connectivity index (χ4v) is 2.06. The number of anilines is 2. The summed E-state index contributed by atoms with van der Waals surface area (Å²) in [6.07, 6.45) is 1.83. The van der Waals surface area contributed by atoms with E-state index < -0.39 is 0 Å². The maximum Gasteiger partial charge on any atom is 0.0722 e. The van der Waals surface area contributed by atoms with Gasteiger partial charge in [-0.1, -0.05) is 30.3 Å². The molecule has 0 N–H and O–H groups in total. The maximum atomic E-state index is 4.39. The molecule has 18 heavy (non-hydrogen) atoms. The number of para-hydroxylation sites is 1. The summed E-state index contributed by atoms with van der Waals surface area (Å²) in [6.45, 7) is 0. The van der Waals surface area contributed by atoms with Gasteiger partial charge in [-0.25, -0.2) is 0 Å². The van der Waals surface area contributed by atoms with Gasteiger partial charge < -0.3 is 4.90 Å². The Labute approximate surface area is 107 Å². The predicted octanol–water partition coefficient (Wildman–Crippen LogP) is 4.00. The highest BCUT2D eigenvalue weighted by molar-refractivity contribution is 5.83. The number of hydrogen-bond acceptors (Lipinski definition) is 2. The van der Waals surface area contributed by atoms with Crippen LogP contribution in [0.15, 0.2) is 66.9 Å². The molecule has 0 aliphatic rings. The molecule has 1 aromatic heterocycles. The molecular weight excluding hydrogens is 220 g/mol. The van der Waals surface area contributed by atoms with E-state index >= 15 is 0 Å². The Morgan fingerprint density at radius 3 is 2.50 bits per heavy atom. The summed E-state index contributed by atoms with van der Waals surface area (Å²) in [6, 6.07) is 20.7. The van der Waals surface area contributed by atoms with Crippen LogP contribution in [-0.2, 0) is 0 Å². The van der Waals surface area contributed by atoms with E-state index in [0.717, 1.165) is 11.2 Å². The third-order valence-corrected chi connectivity index (χ3v) is 3.12. The Morgan fingerprint density at radius 1 is 0.833 bits per heavy atom. The fraction of sp³-hybridized carbons (Fsp3) is 0.0625. The van der Waals surface area contributed by atoms with Gasteiger partial charge in [-0.2, -0.15) is 0 Å². The highest BCUT2D eigenvalue weighted by atomic mass is 15.1. The van der Waals surface area contributed by atoms with Crippen LogP contribution >= 0.6 is 0 Å². The predicted molar refractivity (Wildman–Crippen MR) is 76.2 cm³/mol. The topological polar surface area (TPSA) is 16.1 Å². The van der Waals surface area contributed by atoms with Crippen molar-refractivity contribution in [1.82, 2.24) is 4.98 Å². The molecule has 1 heterocycles. The number of hydrogen-bond donors (Lipinski definition) is 0. The van der Waals surface area contributed by atoms with Crippen molar-refractivity contribution in [2.24, 2.45) is 0 Å². The van der Waals surface area contributed by atoms with E-state index in [0.29, 0.717) is 0 Å². The lowest BCUT2D eigenvalue weighted by atomic mass is 10.2. The van der Waals surface area contributed by atoms with Crippen LogP contribution in [0.25, 0.3) is 10.9 Å². The molecule has 0 amide bonds. The molecule has 88 valence electrons. The third-order valence-electron chi connectivity index (χ3n) is 3.12. The molecule has 0 aliphatic carbocycles. The number of aromatic nitrogens is 1. The van der Waals surface area contributed by atoms with Gasteiger partial charge >= 0.3 is 0 Å². The summed E-state index contributed by atoms with van der Waals surface area (Å²) in [5, 5.41) is 1.17. The van der Waals surface area contributed by atoms with E-state index in [1.165, 1.54) is 11.1 Å². The molecule has 2 nitrogen and oxygen atoms in total. The number of rotatable bonds is 2. The second kappa shape index (κ2) is 4.49. The average Bonchev–Trinajstić information content (AvgIpc) is 2.47. The minimum atomic E-state index is 1.03. The van der Waals surface area contributed by atoms with Gasteiger partial charge in [-0.3, -0.25) is 4.98 Å². The molecule has 3 aromatic rings. The van der Waals surface area contributed by atoms with E-state index in [1.807, 2.05) is 30.5 Å². The van der Waals surface area contributed by atoms with E-state index in [2.05, 4.69) is 53.3 Å². The van der Waals surface area contributed by atoms with Crippen LogP contribution in [0.2, 0.25) is 0 Å². The van der Waals surface area contributed by atoms with Gasteiger partial charge in [-0.05, 0) is 30.3 Å². The van der Waals surface area contributed by atoms with Crippen LogP contribution in [-0.4, -0.2) is 12.0 Å². The lowest BCUT2D eigenvalue weighted by Crippen LogP contribution is -2.08. The molecule has 0 saturated carbocycles. The number of fused-ring (bicyclic) bond motifs is 1. The fourth-order valence-electron chi connectivity index (χ4n) is 2.06. The van der Waals surface area contributed by atoms with Crippen LogP contribution in [0.3, 0.4) is 0 Å². The zero-order chi connectivity index (χ0) is 12.4. The minimum absolute atomic E-state index is 1.03. The summed E-state index contributed by atoms with van der Waals surface area (Å²) < 4.78 is 0. The number of benzene rings is 2. The molecule has 0 atom stereocenters. The minimum Gasteiger partial charge on any atom is -0.345 e. The largest absolute Gasteiger partial charge is 0.345 e. The average molecular weight is 234 g/mol. The van der Waals surface area contributed by atoms with E-state index in [-0.39, 0.29) is 0 Å². The lowest BCUT2D eigenvalue weighted by molar-refractivity contribution is 1.21. The van der Waals surface area contributed by atoms with Crippen molar-refractivity contribution >= 4 is 22.3 Å². The Balaban J connectivity index is 2.04. The zero-order valence-corrected chi connectivity index (χ0v) is 10.2. The van der Waals surface area contributed by atoms with E-state index in [1.54, 1.807) is 0 Å². The quantitative estimate of drug-likeness (QED) is 0.666. The standard InChI is InChI=1S/C16H14N2/c1-18(14-7-3-2-4-8-14)15-10-9-13-6-5-11-17-16(13)12-15/h2-12H,1H3. The zero-order valence-electron chi connectivity index (χ0n) is 10.2. The second-order valence-corrected chi connectivity index (χ2v) is 4.27. The normalized spacial score (nSPS) is 10.5. The van der Waals surface area contributed by atoms with E-state index in [9.17, 15) is 0 Å². The van der Waals surface area contributed by atoms with Crippen molar-refractivity contribution in [3.05, 3.63) is 66.9 Å². The molecule has 0 bridgehead atoms. The SMILES string of the molecule is CN(c1ccccc1)c1ccc2cccnc2c1. The van der Waals surface area contributed by atoms with Crippen molar-refractivity contribution in [3.63, 3.8) is 0 Å². The van der Waals surface area contributed by atoms with Crippen LogP contribution < -0.4 is 4.90 Å². The van der Waals surface area contributed by atoms with Crippen molar-refractivity contribution in [2.45, 2.75) is 0 Å². The van der Waals surface area contributed by atoms with Gasteiger partial charge in [0.05, 0.1) is 5.52 Å². The van der Waals surface area contributed by atoms with Gasteiger partial charge in [0.25, 0.3) is 0 Å². The van der Waals surface area contributed by atoms with Crippen molar-refractivity contribution in [3.8, 4) is 0 Å². The Kier molecular flexibility index (Phi) is 2.69. The Morgan fingerprint density at radius 2 is 1.67 bits per heavy atom. The summed E-state index contributed by atoms with van der Waals surface area (Å²) in [5.41, 5.74) is 3.35. The van der Waals surface area contributed by atoms with Gasteiger partial charge in [0, 0.05) is 30.0 Å². The molecule has 3 rings (SSSR count). The highest BCUT2D eigenvalue weighted by Gasteiger charge is 2.04. The molecule has 0 fully saturated rings. The van der Waals surface area contributed by atoms with Crippen LogP contribution in [0.5, 0.6) is 0 Å². The van der Waals surface area contributed by atoms with Crippen molar-refractivity contribution in [1.29, 1.82) is 0 Å². The Hall–Kier alpha value is -2.35. The van der Waals surface area contributed by atoms with Gasteiger partial charge in [0.1, 0.15) is 0 Å². The van der Waals surface area contributed by atoms with Crippen LogP contribution in [0.4, 0.5) is 11.4 Å². The first-order chi connectivity index (χ1) is 8.84. The lowest BCUT2D eigenvalue weighted by Gasteiger charge is -2.19. The number of pyridine rings is 1. The van der Waals surface area contributed by atoms with Crippen molar-refractivity contribution in [2.75, 3.05) is 11.9 Å². The first-order valence-electron chi connectivity index (χ1n) is 5.98. The third kappa shape index (κ3) is 1.93. The van der Waals surface area contributed by atoms with Gasteiger partial charge in [-0.15, -0.1) is 0 Å². The molecule has 2 aromatic carbocycles. The molecule has 0 radical (unpaired) electrons. The highest BCUT2D eigenvalue weighted by Crippen LogP contribution is 2.25. The monoisotopic (exact) mass is 234 g/mol. The molecule has 0 aliphatic heterocycles. The first kappa shape index (κ1) is 10.8. The van der Waals surface area contributed by atoms with Gasteiger partial charge in [0.2, 0.25) is 0 Å². The second-order valence-electron chi connectivity index (χ2n) is 4.27. The molecular formula is C16H14N2. The molecule has 2 heteroatoms. The van der Waals surface area contributed by atoms with E-state index in [4.69, 9.17) is 0 Å².